The zero-order valence-electron chi connectivity index (χ0n) is 27.8. The van der Waals surface area contributed by atoms with Crippen molar-refractivity contribution in [2.75, 3.05) is 19.6 Å². The van der Waals surface area contributed by atoms with Crippen LogP contribution in [0.25, 0.3) is 0 Å². The van der Waals surface area contributed by atoms with Gasteiger partial charge < -0.3 is 65.0 Å². The predicted molar refractivity (Wildman–Crippen MR) is 176 cm³/mol. The first-order valence-electron chi connectivity index (χ1n) is 16.2. The molecule has 20 heteroatoms. The number of carbonyl (C=O) groups excluding carboxylic acids is 6. The van der Waals surface area contributed by atoms with Crippen molar-refractivity contribution in [3.8, 4) is 0 Å². The third kappa shape index (κ3) is 15.1. The highest BCUT2D eigenvalue weighted by Gasteiger charge is 2.39. The minimum atomic E-state index is -1.66. The number of nitrogens with zero attached hydrogens (tertiary/aromatic N) is 1. The monoisotopic (exact) mass is 699 g/mol. The molecule has 0 bridgehead atoms. The van der Waals surface area contributed by atoms with Crippen LogP contribution in [0.3, 0.4) is 0 Å². The molecule has 20 nitrogen and oxygen atoms in total. The van der Waals surface area contributed by atoms with E-state index in [4.69, 9.17) is 34.1 Å². The number of nitrogens with two attached hydrogens (primary N) is 5. The molecule has 0 aromatic rings. The first kappa shape index (κ1) is 42.6. The number of amides is 5. The molecule has 17 N–H and O–H groups in total. The molecule has 1 fully saturated rings. The molecule has 1 saturated heterocycles. The number of ketones is 1. The van der Waals surface area contributed by atoms with E-state index in [1.807, 2.05) is 0 Å². The number of guanidine groups is 1. The Morgan fingerprint density at radius 1 is 0.898 bits per heavy atom. The lowest BCUT2D eigenvalue weighted by molar-refractivity contribution is -0.145. The maximum atomic E-state index is 13.7. The first-order valence-corrected chi connectivity index (χ1v) is 16.2. The van der Waals surface area contributed by atoms with Crippen LogP contribution in [0.4, 0.5) is 0 Å². The molecule has 0 aromatic carbocycles. The summed E-state index contributed by atoms with van der Waals surface area (Å²) in [6.07, 6.45) is -0.606. The summed E-state index contributed by atoms with van der Waals surface area (Å²) < 4.78 is 0. The van der Waals surface area contributed by atoms with Crippen molar-refractivity contribution in [3.05, 3.63) is 0 Å². The van der Waals surface area contributed by atoms with Crippen molar-refractivity contribution >= 4 is 47.2 Å². The van der Waals surface area contributed by atoms with Crippen LogP contribution in [0.2, 0.25) is 0 Å². The van der Waals surface area contributed by atoms with Gasteiger partial charge in [0.05, 0.1) is 12.1 Å². The zero-order chi connectivity index (χ0) is 37.3. The number of likely N-dealkylation sites (tertiary alicyclic amines) is 1. The number of hydrogen-bond acceptors (Lipinski definition) is 12. The number of Topliss-reactive ketones (excluding diaryl/α,β-unsaturated/α-hetero) is 1. The fourth-order valence-corrected chi connectivity index (χ4v) is 5.11. The average Bonchev–Trinajstić information content (AvgIpc) is 3.52. The van der Waals surface area contributed by atoms with Crippen molar-refractivity contribution in [2.45, 2.75) is 113 Å². The van der Waals surface area contributed by atoms with Gasteiger partial charge in [0.15, 0.2) is 5.96 Å². The summed E-state index contributed by atoms with van der Waals surface area (Å²) in [5.41, 5.74) is 27.5. The number of rotatable bonds is 23. The second-order valence-corrected chi connectivity index (χ2v) is 12.0. The summed E-state index contributed by atoms with van der Waals surface area (Å²) in [5.74, 6) is -5.87. The highest BCUT2D eigenvalue weighted by molar-refractivity contribution is 5.95. The number of hydrogen-bond donors (Lipinski definition) is 12. The topological polar surface area (TPSA) is 365 Å². The van der Waals surface area contributed by atoms with Gasteiger partial charge in [-0.15, -0.1) is 0 Å². The molecule has 278 valence electrons. The minimum absolute atomic E-state index is 0.0400. The lowest BCUT2D eigenvalue weighted by Gasteiger charge is -2.30. The van der Waals surface area contributed by atoms with Gasteiger partial charge >= 0.3 is 5.97 Å². The summed E-state index contributed by atoms with van der Waals surface area (Å²) in [6.45, 7) is 2.10. The maximum absolute atomic E-state index is 13.7. The summed E-state index contributed by atoms with van der Waals surface area (Å²) in [5, 5.41) is 37.2. The van der Waals surface area contributed by atoms with Crippen molar-refractivity contribution in [1.82, 2.24) is 26.2 Å². The smallest absolute Gasteiger partial charge is 0.326 e. The Morgan fingerprint density at radius 2 is 1.53 bits per heavy atom. The molecule has 7 atom stereocenters. The van der Waals surface area contributed by atoms with Crippen LogP contribution in [0.15, 0.2) is 0 Å². The summed E-state index contributed by atoms with van der Waals surface area (Å²) in [6, 6.07) is -7.16. The van der Waals surface area contributed by atoms with Crippen LogP contribution >= 0.6 is 0 Å². The zero-order valence-corrected chi connectivity index (χ0v) is 27.8. The molecule has 0 radical (unpaired) electrons. The fraction of sp³-hybridized carbons (Fsp3) is 0.724. The van der Waals surface area contributed by atoms with E-state index < -0.39 is 90.1 Å². The van der Waals surface area contributed by atoms with Crippen LogP contribution in [0.1, 0.15) is 71.1 Å². The van der Waals surface area contributed by atoms with E-state index in [9.17, 15) is 43.8 Å². The molecule has 1 aliphatic heterocycles. The normalized spacial score (nSPS) is 17.8. The number of carboxylic acid groups (broad SMARTS) is 1. The van der Waals surface area contributed by atoms with Gasteiger partial charge in [0, 0.05) is 25.9 Å². The second-order valence-electron chi connectivity index (χ2n) is 12.0. The van der Waals surface area contributed by atoms with Gasteiger partial charge in [-0.25, -0.2) is 4.79 Å². The van der Waals surface area contributed by atoms with Gasteiger partial charge in [-0.3, -0.25) is 34.2 Å². The van der Waals surface area contributed by atoms with Crippen LogP contribution in [-0.2, 0) is 33.6 Å². The third-order valence-electron chi connectivity index (χ3n) is 7.94. The molecule has 1 aliphatic rings. The number of carboxylic acids is 1. The number of aliphatic carboxylic acids is 1. The van der Waals surface area contributed by atoms with E-state index in [1.54, 1.807) is 0 Å². The number of aliphatic hydroxyl groups excluding tert-OH is 1. The van der Waals surface area contributed by atoms with Gasteiger partial charge in [-0.05, 0) is 64.8 Å². The molecular weight excluding hydrogens is 646 g/mol. The molecule has 0 saturated carbocycles. The molecule has 5 amide bonds. The minimum Gasteiger partial charge on any atom is -0.480 e. The Kier molecular flexibility index (Phi) is 18.7. The number of aliphatic hydroxyl groups is 1. The number of unbranched alkanes of at least 4 members (excludes halogenated alkanes) is 1. The highest BCUT2D eigenvalue weighted by atomic mass is 16.4. The molecule has 49 heavy (non-hydrogen) atoms. The van der Waals surface area contributed by atoms with Crippen molar-refractivity contribution in [3.63, 3.8) is 0 Å². The fourth-order valence-electron chi connectivity index (χ4n) is 5.11. The summed E-state index contributed by atoms with van der Waals surface area (Å²) in [4.78, 5) is 89.0. The second kappa shape index (κ2) is 21.5. The number of primary amides is 1. The van der Waals surface area contributed by atoms with Crippen LogP contribution in [-0.4, -0.2) is 124 Å². The lowest BCUT2D eigenvalue weighted by atomic mass is 9.99. The van der Waals surface area contributed by atoms with Gasteiger partial charge in [-0.1, -0.05) is 0 Å². The first-order chi connectivity index (χ1) is 23.0. The number of carbonyl (C=O) groups is 7. The Morgan fingerprint density at radius 3 is 2.10 bits per heavy atom. The SMILES string of the molecule is C[C@H](N)C(=O)N[C@H](CCC(=O)C[C@@H](O)[C@H](N)C(=O)N[C@@H](CCCCN)C(=O)N1CCC[C@H]1C(=O)N[C@@H](CCCNC(=N)N)C(=O)O)C(N)=O. The van der Waals surface area contributed by atoms with Crippen LogP contribution < -0.4 is 49.9 Å². The maximum Gasteiger partial charge on any atom is 0.326 e. The average molecular weight is 700 g/mol. The Bertz CT molecular complexity index is 1190. The van der Waals surface area contributed by atoms with E-state index in [2.05, 4.69) is 21.3 Å². The van der Waals surface area contributed by atoms with Crippen LogP contribution in [0, 0.1) is 5.41 Å². The van der Waals surface area contributed by atoms with Crippen molar-refractivity contribution in [1.29, 1.82) is 5.41 Å². The van der Waals surface area contributed by atoms with Gasteiger partial charge in [-0.2, -0.15) is 0 Å². The Hall–Kier alpha value is -4.40. The van der Waals surface area contributed by atoms with Crippen molar-refractivity contribution < 1.29 is 43.8 Å². The lowest BCUT2D eigenvalue weighted by Crippen LogP contribution is -2.58. The largest absolute Gasteiger partial charge is 0.480 e. The van der Waals surface area contributed by atoms with E-state index in [0.29, 0.717) is 25.8 Å². The van der Waals surface area contributed by atoms with E-state index in [-0.39, 0.29) is 57.6 Å². The Balaban J connectivity index is 2.90. The van der Waals surface area contributed by atoms with Gasteiger partial charge in [0.2, 0.25) is 29.5 Å². The highest BCUT2D eigenvalue weighted by Crippen LogP contribution is 2.21. The molecule has 0 spiro atoms. The molecule has 1 heterocycles. The predicted octanol–water partition coefficient (Wildman–Crippen LogP) is -4.83. The molecule has 0 aliphatic carbocycles. The summed E-state index contributed by atoms with van der Waals surface area (Å²) in [7, 11) is 0. The number of nitrogens with one attached hydrogen (secondary N) is 5. The van der Waals surface area contributed by atoms with E-state index >= 15 is 0 Å². The molecule has 0 unspecified atom stereocenters. The van der Waals surface area contributed by atoms with Gasteiger partial charge in [0.1, 0.15) is 36.0 Å². The van der Waals surface area contributed by atoms with Gasteiger partial charge in [0.25, 0.3) is 0 Å². The van der Waals surface area contributed by atoms with E-state index in [0.717, 1.165) is 0 Å². The molecular formula is C29H53N11O9. The third-order valence-corrected chi connectivity index (χ3v) is 7.94. The van der Waals surface area contributed by atoms with E-state index in [1.165, 1.54) is 11.8 Å². The molecule has 1 rings (SSSR count). The Labute approximate surface area is 284 Å². The van der Waals surface area contributed by atoms with Crippen LogP contribution in [0.5, 0.6) is 0 Å². The standard InChI is InChI=1S/C29H53N11O9/c1-15(31)24(44)37-17(23(33)43)10-9-16(41)14-21(42)22(32)26(46)38-18(6-2-3-11-30)27(47)40-13-5-8-20(40)25(45)39-19(28(48)49)7-4-12-36-29(34)35/h15,17-22,42H,2-14,30-32H2,1H3,(H2,33,43)(H,37,44)(H,38,46)(H,39,45)(H,48,49)(H4,34,35,36)/t15-,17+,18-,19-,20-,21+,22-/m0/s1. The summed E-state index contributed by atoms with van der Waals surface area (Å²) >= 11 is 0. The quantitative estimate of drug-likeness (QED) is 0.0270. The van der Waals surface area contributed by atoms with Crippen molar-refractivity contribution in [2.24, 2.45) is 28.7 Å². The molecule has 0 aromatic heterocycles.